The first kappa shape index (κ1) is 12.0. The zero-order valence-electron chi connectivity index (χ0n) is 10.3. The highest BCUT2D eigenvalue weighted by Gasteiger charge is 2.07. The van der Waals surface area contributed by atoms with Gasteiger partial charge in [0.25, 0.3) is 0 Å². The number of nitrogens with two attached hydrogens (primary N) is 1. The standard InChI is InChI=1S/C14H18N2S/c1-3-16(10-14-5-4-6-17-14)13-8-11(2)7-12(15)9-13/h4-9H,3,10,15H2,1-2H3. The number of rotatable bonds is 4. The molecule has 3 heteroatoms. The Morgan fingerprint density at radius 2 is 2.12 bits per heavy atom. The lowest BCUT2D eigenvalue weighted by Gasteiger charge is -2.23. The molecule has 1 heterocycles. The van der Waals surface area contributed by atoms with Crippen LogP contribution in [0.2, 0.25) is 0 Å². The average Bonchev–Trinajstić information content (AvgIpc) is 2.77. The smallest absolute Gasteiger partial charge is 0.0522 e. The zero-order chi connectivity index (χ0) is 12.3. The molecule has 1 aromatic heterocycles. The predicted octanol–water partition coefficient (Wildman–Crippen LogP) is 3.67. The van der Waals surface area contributed by atoms with Crippen molar-refractivity contribution in [3.8, 4) is 0 Å². The lowest BCUT2D eigenvalue weighted by Crippen LogP contribution is -2.21. The van der Waals surface area contributed by atoms with E-state index in [4.69, 9.17) is 5.73 Å². The van der Waals surface area contributed by atoms with Gasteiger partial charge in [-0.1, -0.05) is 6.07 Å². The fraction of sp³-hybridized carbons (Fsp3) is 0.286. The van der Waals surface area contributed by atoms with E-state index in [0.29, 0.717) is 0 Å². The number of benzene rings is 1. The molecule has 0 spiro atoms. The third-order valence-electron chi connectivity index (χ3n) is 2.76. The molecule has 0 saturated heterocycles. The van der Waals surface area contributed by atoms with Crippen LogP contribution < -0.4 is 10.6 Å². The summed E-state index contributed by atoms with van der Waals surface area (Å²) in [5.41, 5.74) is 9.16. The topological polar surface area (TPSA) is 29.3 Å². The van der Waals surface area contributed by atoms with Crippen molar-refractivity contribution in [2.45, 2.75) is 20.4 Å². The van der Waals surface area contributed by atoms with Crippen LogP contribution in [0.4, 0.5) is 11.4 Å². The van der Waals surface area contributed by atoms with Gasteiger partial charge in [-0.25, -0.2) is 0 Å². The Balaban J connectivity index is 2.22. The first-order valence-electron chi connectivity index (χ1n) is 5.83. The first-order chi connectivity index (χ1) is 8.19. The van der Waals surface area contributed by atoms with Crippen molar-refractivity contribution in [2.75, 3.05) is 17.2 Å². The first-order valence-corrected chi connectivity index (χ1v) is 6.71. The van der Waals surface area contributed by atoms with Crippen molar-refractivity contribution in [2.24, 2.45) is 0 Å². The molecule has 2 nitrogen and oxygen atoms in total. The van der Waals surface area contributed by atoms with Crippen LogP contribution in [0.1, 0.15) is 17.4 Å². The maximum atomic E-state index is 5.90. The van der Waals surface area contributed by atoms with Crippen LogP contribution >= 0.6 is 11.3 Å². The highest BCUT2D eigenvalue weighted by atomic mass is 32.1. The van der Waals surface area contributed by atoms with Crippen molar-refractivity contribution in [1.29, 1.82) is 0 Å². The van der Waals surface area contributed by atoms with Crippen molar-refractivity contribution < 1.29 is 0 Å². The van der Waals surface area contributed by atoms with Gasteiger partial charge in [0.15, 0.2) is 0 Å². The molecule has 0 aliphatic carbocycles. The number of hydrogen-bond acceptors (Lipinski definition) is 3. The van der Waals surface area contributed by atoms with Crippen LogP contribution in [-0.4, -0.2) is 6.54 Å². The summed E-state index contributed by atoms with van der Waals surface area (Å²) in [6, 6.07) is 10.5. The van der Waals surface area contributed by atoms with Crippen molar-refractivity contribution in [3.05, 3.63) is 46.2 Å². The molecule has 2 N–H and O–H groups in total. The molecule has 1 aromatic carbocycles. The number of anilines is 2. The van der Waals surface area contributed by atoms with Crippen LogP contribution in [-0.2, 0) is 6.54 Å². The van der Waals surface area contributed by atoms with E-state index in [1.165, 1.54) is 16.1 Å². The number of nitrogens with zero attached hydrogens (tertiary/aromatic N) is 1. The molecule has 0 atom stereocenters. The molecule has 0 amide bonds. The van der Waals surface area contributed by atoms with Gasteiger partial charge < -0.3 is 10.6 Å². The normalized spacial score (nSPS) is 10.5. The second-order valence-corrected chi connectivity index (χ2v) is 5.23. The summed E-state index contributed by atoms with van der Waals surface area (Å²) in [7, 11) is 0. The van der Waals surface area contributed by atoms with E-state index < -0.39 is 0 Å². The molecule has 0 unspecified atom stereocenters. The summed E-state index contributed by atoms with van der Waals surface area (Å²) in [5, 5.41) is 2.12. The Kier molecular flexibility index (Phi) is 3.69. The lowest BCUT2D eigenvalue weighted by molar-refractivity contribution is 0.842. The minimum Gasteiger partial charge on any atom is -0.399 e. The quantitative estimate of drug-likeness (QED) is 0.834. The Morgan fingerprint density at radius 3 is 2.71 bits per heavy atom. The van der Waals surface area contributed by atoms with Crippen molar-refractivity contribution in [1.82, 2.24) is 0 Å². The summed E-state index contributed by atoms with van der Waals surface area (Å²) in [5.74, 6) is 0. The van der Waals surface area contributed by atoms with E-state index in [9.17, 15) is 0 Å². The largest absolute Gasteiger partial charge is 0.399 e. The van der Waals surface area contributed by atoms with Crippen molar-refractivity contribution >= 4 is 22.7 Å². The van der Waals surface area contributed by atoms with Gasteiger partial charge in [0.1, 0.15) is 0 Å². The van der Waals surface area contributed by atoms with E-state index in [-0.39, 0.29) is 0 Å². The number of nitrogen functional groups attached to an aromatic ring is 1. The van der Waals surface area contributed by atoms with Gasteiger partial charge in [0.05, 0.1) is 6.54 Å². The molecule has 0 aliphatic heterocycles. The molecular weight excluding hydrogens is 228 g/mol. The molecule has 0 bridgehead atoms. The number of thiophene rings is 1. The van der Waals surface area contributed by atoms with Gasteiger partial charge in [-0.3, -0.25) is 0 Å². The van der Waals surface area contributed by atoms with Gasteiger partial charge in [-0.05, 0) is 49.1 Å². The predicted molar refractivity (Wildman–Crippen MR) is 76.6 cm³/mol. The minimum atomic E-state index is 0.838. The third-order valence-corrected chi connectivity index (χ3v) is 3.62. The maximum absolute atomic E-state index is 5.90. The van der Waals surface area contributed by atoms with Gasteiger partial charge >= 0.3 is 0 Å². The Labute approximate surface area is 107 Å². The zero-order valence-corrected chi connectivity index (χ0v) is 11.1. The number of aryl methyl sites for hydroxylation is 1. The monoisotopic (exact) mass is 246 g/mol. The molecule has 0 fully saturated rings. The molecule has 0 radical (unpaired) electrons. The molecule has 2 rings (SSSR count). The molecule has 0 saturated carbocycles. The van der Waals surface area contributed by atoms with Crippen molar-refractivity contribution in [3.63, 3.8) is 0 Å². The van der Waals surface area contributed by atoms with E-state index in [1.807, 2.05) is 12.1 Å². The Morgan fingerprint density at radius 1 is 1.29 bits per heavy atom. The third kappa shape index (κ3) is 3.01. The minimum absolute atomic E-state index is 0.838. The Hall–Kier alpha value is -1.48. The molecule has 17 heavy (non-hydrogen) atoms. The second kappa shape index (κ2) is 5.23. The SMILES string of the molecule is CCN(Cc1cccs1)c1cc(C)cc(N)c1. The molecular formula is C14H18N2S. The second-order valence-electron chi connectivity index (χ2n) is 4.20. The van der Waals surface area contributed by atoms with Crippen LogP contribution in [0, 0.1) is 6.92 Å². The summed E-state index contributed by atoms with van der Waals surface area (Å²) in [4.78, 5) is 3.72. The molecule has 2 aromatic rings. The number of hydrogen-bond donors (Lipinski definition) is 1. The van der Waals surface area contributed by atoms with Gasteiger partial charge in [-0.15, -0.1) is 11.3 Å². The van der Waals surface area contributed by atoms with Gasteiger partial charge in [0, 0.05) is 22.8 Å². The van der Waals surface area contributed by atoms with Crippen LogP contribution in [0.15, 0.2) is 35.7 Å². The summed E-state index contributed by atoms with van der Waals surface area (Å²) < 4.78 is 0. The van der Waals surface area contributed by atoms with Gasteiger partial charge in [-0.2, -0.15) is 0 Å². The lowest BCUT2D eigenvalue weighted by atomic mass is 10.2. The summed E-state index contributed by atoms with van der Waals surface area (Å²) in [6.07, 6.45) is 0. The Bertz CT molecular complexity index is 457. The highest BCUT2D eigenvalue weighted by Crippen LogP contribution is 2.23. The van der Waals surface area contributed by atoms with Crippen LogP contribution in [0.5, 0.6) is 0 Å². The van der Waals surface area contributed by atoms with E-state index in [1.54, 1.807) is 11.3 Å². The van der Waals surface area contributed by atoms with E-state index in [2.05, 4.69) is 42.3 Å². The fourth-order valence-electron chi connectivity index (χ4n) is 1.95. The fourth-order valence-corrected chi connectivity index (χ4v) is 2.67. The summed E-state index contributed by atoms with van der Waals surface area (Å²) in [6.45, 7) is 6.20. The average molecular weight is 246 g/mol. The van der Waals surface area contributed by atoms with Gasteiger partial charge in [0.2, 0.25) is 0 Å². The van der Waals surface area contributed by atoms with Crippen LogP contribution in [0.25, 0.3) is 0 Å². The maximum Gasteiger partial charge on any atom is 0.0522 e. The van der Waals surface area contributed by atoms with E-state index >= 15 is 0 Å². The molecule has 90 valence electrons. The van der Waals surface area contributed by atoms with E-state index in [0.717, 1.165) is 18.8 Å². The highest BCUT2D eigenvalue weighted by molar-refractivity contribution is 7.09. The van der Waals surface area contributed by atoms with Crippen LogP contribution in [0.3, 0.4) is 0 Å². The summed E-state index contributed by atoms with van der Waals surface area (Å²) >= 11 is 1.80. The molecule has 0 aliphatic rings.